The van der Waals surface area contributed by atoms with Gasteiger partial charge < -0.3 is 17.8 Å². The van der Waals surface area contributed by atoms with E-state index in [-0.39, 0.29) is 7.43 Å². The van der Waals surface area contributed by atoms with Crippen molar-refractivity contribution < 1.29 is 17.8 Å². The van der Waals surface area contributed by atoms with Gasteiger partial charge >= 0.3 is 0 Å². The molecule has 0 aliphatic carbocycles. The second-order valence-electron chi connectivity index (χ2n) is 21.5. The zero-order valence-electron chi connectivity index (χ0n) is 73.2. The Hall–Kier alpha value is -5.64. The fraction of sp³-hybridized carbons (Fsp3) is 0.696. The zero-order valence-corrected chi connectivity index (χ0v) is 76.5. The summed E-state index contributed by atoms with van der Waals surface area (Å²) in [7, 11) is 0. The minimum atomic E-state index is 0. The molecule has 0 spiro atoms. The molecule has 17 nitrogen and oxygen atoms in total. The molecule has 0 aromatic carbocycles. The molecular formula is C79H173N13O4S4. The number of nitrogens with one attached hydrogen (secondary N) is 1. The number of aromatic amines is 1. The first-order valence-corrected chi connectivity index (χ1v) is 39.9. The Balaban J connectivity index is -0.0000000403. The highest BCUT2D eigenvalue weighted by molar-refractivity contribution is 7.08. The van der Waals surface area contributed by atoms with Crippen LogP contribution in [0.1, 0.15) is 319 Å². The van der Waals surface area contributed by atoms with E-state index in [4.69, 9.17) is 0 Å². The molecular weight excluding hydrogens is 1320 g/mol. The van der Waals surface area contributed by atoms with Gasteiger partial charge in [-0.15, -0.1) is 43.1 Å². The monoisotopic (exact) mass is 1500 g/mol. The van der Waals surface area contributed by atoms with Crippen molar-refractivity contribution in [2.75, 3.05) is 0 Å². The van der Waals surface area contributed by atoms with Gasteiger partial charge in [0.25, 0.3) is 0 Å². The first-order chi connectivity index (χ1) is 47.1. The van der Waals surface area contributed by atoms with Crippen molar-refractivity contribution in [2.24, 2.45) is 53.3 Å². The minimum absolute atomic E-state index is 0. The summed E-state index contributed by atoms with van der Waals surface area (Å²) in [6.45, 7) is 94.5. The van der Waals surface area contributed by atoms with Crippen LogP contribution in [-0.2, 0) is 0 Å². The van der Waals surface area contributed by atoms with Gasteiger partial charge in [-0.1, -0.05) is 336 Å². The van der Waals surface area contributed by atoms with Crippen LogP contribution in [0.2, 0.25) is 0 Å². The molecule has 0 atom stereocenters. The third-order valence-corrected chi connectivity index (χ3v) is 5.02. The third kappa shape index (κ3) is 498. The van der Waals surface area contributed by atoms with Gasteiger partial charge in [-0.2, -0.15) is 20.8 Å². The first-order valence-electron chi connectivity index (χ1n) is 36.2. The van der Waals surface area contributed by atoms with Crippen molar-refractivity contribution in [3.63, 3.8) is 0 Å². The summed E-state index contributed by atoms with van der Waals surface area (Å²) in [5.41, 5.74) is 6.83. The Bertz CT molecular complexity index is 1310. The molecule has 0 amide bonds. The van der Waals surface area contributed by atoms with Crippen LogP contribution < -0.4 is 0 Å². The molecule has 0 bridgehead atoms. The molecule has 21 heteroatoms. The highest BCUT2D eigenvalue weighted by Gasteiger charge is 1.72. The summed E-state index contributed by atoms with van der Waals surface area (Å²) < 4.78 is 21.3. The van der Waals surface area contributed by atoms with Crippen molar-refractivity contribution in [1.29, 1.82) is 0 Å². The van der Waals surface area contributed by atoms with Crippen LogP contribution in [0.15, 0.2) is 162 Å². The first kappa shape index (κ1) is 145. The summed E-state index contributed by atoms with van der Waals surface area (Å²) in [6.07, 6.45) is 19.1. The molecule has 0 fully saturated rings. The normalized spacial score (nSPS) is 7.38. The molecule has 0 aliphatic heterocycles. The number of oxazole rings is 1. The maximum atomic E-state index is 4.58. The number of furan rings is 1. The van der Waals surface area contributed by atoms with Gasteiger partial charge in [-0.25, -0.2) is 19.9 Å². The van der Waals surface area contributed by atoms with Crippen LogP contribution in [-0.4, -0.2) is 65.0 Å². The number of rotatable bonds is 0. The van der Waals surface area contributed by atoms with Crippen molar-refractivity contribution in [2.45, 2.75) is 319 Å². The van der Waals surface area contributed by atoms with Gasteiger partial charge in [0.2, 0.25) is 19.2 Å². The highest BCUT2D eigenvalue weighted by Crippen LogP contribution is 1.92. The lowest BCUT2D eigenvalue weighted by Gasteiger charge is -1.79. The van der Waals surface area contributed by atoms with E-state index < -0.39 is 0 Å². The number of thiazole rings is 1. The molecule has 9 aromatic heterocycles. The molecule has 1 N–H and O–H groups in total. The third-order valence-electron chi connectivity index (χ3n) is 3.01. The number of aromatic nitrogens is 13. The Morgan fingerprint density at radius 3 is 0.750 bits per heavy atom. The van der Waals surface area contributed by atoms with Gasteiger partial charge in [0.1, 0.15) is 41.8 Å². The Morgan fingerprint density at radius 2 is 0.660 bits per heavy atom. The molecule has 0 saturated carbocycles. The van der Waals surface area contributed by atoms with Crippen LogP contribution in [0.25, 0.3) is 0 Å². The van der Waals surface area contributed by atoms with Gasteiger partial charge in [-0.05, 0) is 87.7 Å². The molecule has 0 saturated heterocycles. The van der Waals surface area contributed by atoms with Crippen LogP contribution in [0.3, 0.4) is 0 Å². The van der Waals surface area contributed by atoms with Gasteiger partial charge in [0.15, 0.2) is 12.7 Å². The maximum absolute atomic E-state index is 4.58. The summed E-state index contributed by atoms with van der Waals surface area (Å²) in [5, 5.41) is 28.8. The van der Waals surface area contributed by atoms with E-state index in [0.29, 0.717) is 0 Å². The molecule has 9 heterocycles. The van der Waals surface area contributed by atoms with Crippen LogP contribution >= 0.6 is 45.5 Å². The number of hydrogen-bond acceptors (Lipinski definition) is 20. The molecule has 0 aliphatic rings. The Kier molecular flexibility index (Phi) is 262. The van der Waals surface area contributed by atoms with Crippen molar-refractivity contribution >= 4 is 45.5 Å². The van der Waals surface area contributed by atoms with Crippen molar-refractivity contribution in [3.8, 4) is 0 Å². The lowest BCUT2D eigenvalue weighted by Crippen LogP contribution is -1.66. The Morgan fingerprint density at radius 1 is 0.290 bits per heavy atom. The maximum Gasteiger partial charge on any atom is 0.213 e. The van der Waals surface area contributed by atoms with E-state index in [9.17, 15) is 0 Å². The predicted molar refractivity (Wildman–Crippen MR) is 460 cm³/mol. The lowest BCUT2D eigenvalue weighted by atomic mass is 10.3. The standard InChI is InChI=1S/C4H4O.C4H4S.9C4H10.C3H3NO.C3H3NS.C2H3N3.2C2H2N2O.2C2H2N2S.9C2H6.CH4/c2*1-2-4-5-3-1;9*1-4(2)3;2*1-2-5-3-4-1;1-3-2-5-4-1;1-3-4-2-5-1;1-3-2-5-4-1;1-3-4-2-5-1;1-3-2-5-4-1;9*1-2;/h2*1-4H;9*4H,1-3H3;2*1-3H;1-2H,(H,3,4,5);4*1-2H;9*1-2H3;1H4. The topological polar surface area (TPSA) is 223 Å². The van der Waals surface area contributed by atoms with Crippen molar-refractivity contribution in [3.05, 3.63) is 145 Å². The van der Waals surface area contributed by atoms with Gasteiger partial charge in [0.05, 0.1) is 24.2 Å². The van der Waals surface area contributed by atoms with E-state index >= 15 is 0 Å². The minimum Gasteiger partial charge on any atom is -0.473 e. The average molecular weight is 1500 g/mol. The summed E-state index contributed by atoms with van der Waals surface area (Å²) >= 11 is 6.16. The molecule has 9 aromatic rings. The zero-order chi connectivity index (χ0) is 82.0. The fourth-order valence-corrected chi connectivity index (χ4v) is 2.87. The number of H-pyrrole nitrogens is 1. The summed E-state index contributed by atoms with van der Waals surface area (Å²) in [5.74, 6) is 7.50. The predicted octanol–water partition coefficient (Wildman–Crippen LogP) is 30.7. The number of nitrogens with zero attached hydrogens (tertiary/aromatic N) is 12. The second-order valence-corrected chi connectivity index (χ2v) is 24.4. The van der Waals surface area contributed by atoms with E-state index in [1.807, 2.05) is 165 Å². The van der Waals surface area contributed by atoms with Gasteiger partial charge in [0, 0.05) is 11.6 Å². The SMILES string of the molecule is C.CC.CC.CC.CC.CC.CC.CC.CC.CC.CC(C)C.CC(C)C.CC(C)C.CC(C)C.CC(C)C.CC(C)C.CC(C)C.CC(C)C.CC(C)C.c1ccoc1.c1ccsc1.c1cocn1.c1cscn1.c1nc[nH]n1.c1ncon1.c1ncsn1.c1nnco1.c1nncs1. The fourth-order valence-electron chi connectivity index (χ4n) is 1.52. The van der Waals surface area contributed by atoms with E-state index in [1.54, 1.807) is 69.6 Å². The molecule has 0 unspecified atom stereocenters. The molecule has 9 rings (SSSR count). The van der Waals surface area contributed by atoms with Gasteiger partial charge in [-0.3, -0.25) is 10.1 Å². The average Bonchev–Trinajstić information content (AvgIpc) is 4.48. The van der Waals surface area contributed by atoms with E-state index in [2.05, 4.69) is 270 Å². The largest absolute Gasteiger partial charge is 0.473 e. The lowest BCUT2D eigenvalue weighted by molar-refractivity contribution is 0.416. The summed E-state index contributed by atoms with van der Waals surface area (Å²) in [4.78, 5) is 17.9. The molecule has 100 heavy (non-hydrogen) atoms. The molecule has 602 valence electrons. The smallest absolute Gasteiger partial charge is 0.213 e. The highest BCUT2D eigenvalue weighted by atomic mass is 32.1. The van der Waals surface area contributed by atoms with E-state index in [0.717, 1.165) is 53.3 Å². The molecule has 0 radical (unpaired) electrons. The van der Waals surface area contributed by atoms with Crippen LogP contribution in [0.4, 0.5) is 0 Å². The Labute approximate surface area is 641 Å². The summed E-state index contributed by atoms with van der Waals surface area (Å²) in [6, 6.07) is 7.70. The van der Waals surface area contributed by atoms with E-state index in [1.165, 1.54) is 80.0 Å². The van der Waals surface area contributed by atoms with Crippen molar-refractivity contribution in [1.82, 2.24) is 65.0 Å². The van der Waals surface area contributed by atoms with Crippen LogP contribution in [0, 0.1) is 53.3 Å². The van der Waals surface area contributed by atoms with Crippen LogP contribution in [0.5, 0.6) is 0 Å². The number of thiophene rings is 1. The number of hydrogen-bond donors (Lipinski definition) is 1. The quantitative estimate of drug-likeness (QED) is 0.149. The second kappa shape index (κ2) is 181.